The Morgan fingerprint density at radius 1 is 1.43 bits per heavy atom. The van der Waals surface area contributed by atoms with Crippen LogP contribution >= 0.6 is 23.2 Å². The summed E-state index contributed by atoms with van der Waals surface area (Å²) in [7, 11) is 0. The topological polar surface area (TPSA) is 26.0 Å². The molecule has 0 bridgehead atoms. The summed E-state index contributed by atoms with van der Waals surface area (Å²) in [5.41, 5.74) is 7.67. The summed E-state index contributed by atoms with van der Waals surface area (Å²) in [6.07, 6.45) is 2.92. The Morgan fingerprint density at radius 3 is 2.71 bits per heavy atom. The van der Waals surface area contributed by atoms with Gasteiger partial charge in [0.25, 0.3) is 0 Å². The van der Waals surface area contributed by atoms with Crippen LogP contribution in [0.5, 0.6) is 0 Å². The molecule has 0 fully saturated rings. The van der Waals surface area contributed by atoms with Crippen LogP contribution in [0.4, 0.5) is 0 Å². The van der Waals surface area contributed by atoms with E-state index in [0.717, 1.165) is 17.6 Å². The van der Waals surface area contributed by atoms with Crippen molar-refractivity contribution in [2.75, 3.05) is 6.54 Å². The zero-order chi connectivity index (χ0) is 10.6. The average molecular weight is 230 g/mol. The fourth-order valence-electron chi connectivity index (χ4n) is 1.15. The van der Waals surface area contributed by atoms with E-state index < -0.39 is 0 Å². The molecule has 1 aromatic carbocycles. The van der Waals surface area contributed by atoms with Crippen LogP contribution in [0.1, 0.15) is 18.9 Å². The smallest absolute Gasteiger partial charge is 0.0479 e. The maximum atomic E-state index is 6.01. The van der Waals surface area contributed by atoms with Crippen LogP contribution < -0.4 is 5.73 Å². The van der Waals surface area contributed by atoms with Crippen molar-refractivity contribution in [1.29, 1.82) is 0 Å². The second kappa shape index (κ2) is 5.40. The maximum absolute atomic E-state index is 6.01. The van der Waals surface area contributed by atoms with Crippen molar-refractivity contribution in [3.8, 4) is 0 Å². The lowest BCUT2D eigenvalue weighted by Gasteiger charge is -2.03. The van der Waals surface area contributed by atoms with Gasteiger partial charge in [-0.05, 0) is 30.2 Å². The first-order valence-electron chi connectivity index (χ1n) is 4.52. The first-order chi connectivity index (χ1) is 6.67. The molecule has 76 valence electrons. The predicted octanol–water partition coefficient (Wildman–Crippen LogP) is 3.75. The molecule has 1 aromatic rings. The third-order valence-electron chi connectivity index (χ3n) is 2.03. The van der Waals surface area contributed by atoms with E-state index in [1.165, 1.54) is 0 Å². The number of nitrogens with two attached hydrogens (primary N) is 1. The molecule has 3 heteroatoms. The summed E-state index contributed by atoms with van der Waals surface area (Å²) in [6.45, 7) is 2.62. The third kappa shape index (κ3) is 3.02. The van der Waals surface area contributed by atoms with Crippen molar-refractivity contribution >= 4 is 29.3 Å². The second-order valence-electron chi connectivity index (χ2n) is 3.03. The summed E-state index contributed by atoms with van der Waals surface area (Å²) >= 11 is 11.9. The molecule has 0 heterocycles. The molecular weight excluding hydrogens is 217 g/mol. The summed E-state index contributed by atoms with van der Waals surface area (Å²) in [5.74, 6) is 0. The molecule has 14 heavy (non-hydrogen) atoms. The number of hydrogen-bond donors (Lipinski definition) is 1. The lowest BCUT2D eigenvalue weighted by atomic mass is 10.1. The first kappa shape index (κ1) is 11.6. The van der Waals surface area contributed by atoms with Gasteiger partial charge in [-0.2, -0.15) is 0 Å². The minimum Gasteiger partial charge on any atom is -0.327 e. The summed E-state index contributed by atoms with van der Waals surface area (Å²) in [6, 6.07) is 5.41. The lowest BCUT2D eigenvalue weighted by Crippen LogP contribution is -2.01. The molecule has 0 aliphatic carbocycles. The monoisotopic (exact) mass is 229 g/mol. The quantitative estimate of drug-likeness (QED) is 0.840. The van der Waals surface area contributed by atoms with Crippen LogP contribution in [0, 0.1) is 0 Å². The van der Waals surface area contributed by atoms with Gasteiger partial charge >= 0.3 is 0 Å². The molecule has 0 saturated carbocycles. The van der Waals surface area contributed by atoms with Gasteiger partial charge in [-0.15, -0.1) is 0 Å². The van der Waals surface area contributed by atoms with Crippen LogP contribution in [-0.4, -0.2) is 6.54 Å². The van der Waals surface area contributed by atoms with Gasteiger partial charge in [0.1, 0.15) is 0 Å². The van der Waals surface area contributed by atoms with Crippen molar-refractivity contribution < 1.29 is 0 Å². The fraction of sp³-hybridized carbons (Fsp3) is 0.273. The van der Waals surface area contributed by atoms with E-state index in [9.17, 15) is 0 Å². The highest BCUT2D eigenvalue weighted by Crippen LogP contribution is 2.23. The van der Waals surface area contributed by atoms with Gasteiger partial charge in [-0.25, -0.2) is 0 Å². The van der Waals surface area contributed by atoms with Gasteiger partial charge in [0, 0.05) is 16.6 Å². The van der Waals surface area contributed by atoms with E-state index in [0.29, 0.717) is 16.6 Å². The summed E-state index contributed by atoms with van der Waals surface area (Å²) in [4.78, 5) is 0. The highest BCUT2D eigenvalue weighted by atomic mass is 35.5. The molecule has 0 aromatic heterocycles. The van der Waals surface area contributed by atoms with Crippen molar-refractivity contribution in [2.45, 2.75) is 13.3 Å². The van der Waals surface area contributed by atoms with Crippen molar-refractivity contribution in [3.05, 3.63) is 39.4 Å². The first-order valence-corrected chi connectivity index (χ1v) is 5.27. The largest absolute Gasteiger partial charge is 0.327 e. The van der Waals surface area contributed by atoms with Crippen molar-refractivity contribution in [3.63, 3.8) is 0 Å². The molecule has 1 nitrogen and oxygen atoms in total. The second-order valence-corrected chi connectivity index (χ2v) is 3.87. The maximum Gasteiger partial charge on any atom is 0.0479 e. The zero-order valence-corrected chi connectivity index (χ0v) is 9.57. The zero-order valence-electron chi connectivity index (χ0n) is 8.06. The van der Waals surface area contributed by atoms with E-state index in [1.54, 1.807) is 12.1 Å². The van der Waals surface area contributed by atoms with Crippen molar-refractivity contribution in [2.24, 2.45) is 5.73 Å². The molecular formula is C11H13Cl2N. The van der Waals surface area contributed by atoms with Crippen LogP contribution in [-0.2, 0) is 0 Å². The highest BCUT2D eigenvalue weighted by molar-refractivity contribution is 6.34. The molecule has 0 saturated heterocycles. The van der Waals surface area contributed by atoms with E-state index >= 15 is 0 Å². The molecule has 2 N–H and O–H groups in total. The Morgan fingerprint density at radius 2 is 2.14 bits per heavy atom. The Labute approximate surface area is 94.5 Å². The van der Waals surface area contributed by atoms with Gasteiger partial charge in [0.2, 0.25) is 0 Å². The predicted molar refractivity (Wildman–Crippen MR) is 63.8 cm³/mol. The minimum atomic E-state index is 0.555. The number of rotatable bonds is 3. The normalized spacial score (nSPS) is 11.9. The molecule has 0 aliphatic heterocycles. The minimum absolute atomic E-state index is 0.555. The fourth-order valence-corrected chi connectivity index (χ4v) is 1.50. The lowest BCUT2D eigenvalue weighted by molar-refractivity contribution is 1.02. The van der Waals surface area contributed by atoms with Crippen molar-refractivity contribution in [1.82, 2.24) is 0 Å². The molecule has 1 rings (SSSR count). The van der Waals surface area contributed by atoms with Crippen LogP contribution in [0.15, 0.2) is 23.8 Å². The SMILES string of the molecule is CC/C(=C/c1cc(Cl)ccc1Cl)CN. The van der Waals surface area contributed by atoms with Gasteiger partial charge in [-0.1, -0.05) is 41.8 Å². The van der Waals surface area contributed by atoms with Crippen LogP contribution in [0.25, 0.3) is 6.08 Å². The molecule has 0 radical (unpaired) electrons. The number of hydrogen-bond acceptors (Lipinski definition) is 1. The Hall–Kier alpha value is -0.500. The average Bonchev–Trinajstić information content (AvgIpc) is 2.19. The Bertz CT molecular complexity index is 339. The third-order valence-corrected chi connectivity index (χ3v) is 2.61. The van der Waals surface area contributed by atoms with Gasteiger partial charge in [-0.3, -0.25) is 0 Å². The summed E-state index contributed by atoms with van der Waals surface area (Å²) in [5, 5.41) is 1.39. The summed E-state index contributed by atoms with van der Waals surface area (Å²) < 4.78 is 0. The van der Waals surface area contributed by atoms with Gasteiger partial charge in [0.15, 0.2) is 0 Å². The van der Waals surface area contributed by atoms with Crippen LogP contribution in [0.2, 0.25) is 10.0 Å². The van der Waals surface area contributed by atoms with Crippen LogP contribution in [0.3, 0.4) is 0 Å². The Kier molecular flexibility index (Phi) is 4.46. The van der Waals surface area contributed by atoms with E-state index in [-0.39, 0.29) is 0 Å². The highest BCUT2D eigenvalue weighted by Gasteiger charge is 1.99. The molecule has 0 amide bonds. The number of halogens is 2. The molecule has 0 aliphatic rings. The molecule has 0 atom stereocenters. The Balaban J connectivity index is 3.06. The van der Waals surface area contributed by atoms with E-state index in [4.69, 9.17) is 28.9 Å². The number of benzene rings is 1. The van der Waals surface area contributed by atoms with Gasteiger partial charge < -0.3 is 5.73 Å². The molecule has 0 unspecified atom stereocenters. The molecule has 0 spiro atoms. The standard InChI is InChI=1S/C11H13Cl2N/c1-2-8(7-14)5-9-6-10(12)3-4-11(9)13/h3-6H,2,7,14H2,1H3/b8-5-. The van der Waals surface area contributed by atoms with Gasteiger partial charge in [0.05, 0.1) is 0 Å². The van der Waals surface area contributed by atoms with E-state index in [1.807, 2.05) is 12.1 Å². The van der Waals surface area contributed by atoms with E-state index in [2.05, 4.69) is 6.92 Å².